The summed E-state index contributed by atoms with van der Waals surface area (Å²) in [5.74, 6) is 0.481. The molecular formula is C13H17N5O2. The summed E-state index contributed by atoms with van der Waals surface area (Å²) in [4.78, 5) is 22.1. The molecule has 20 heavy (non-hydrogen) atoms. The first kappa shape index (κ1) is 12.8. The second-order valence-electron chi connectivity index (χ2n) is 5.17. The summed E-state index contributed by atoms with van der Waals surface area (Å²) in [6.07, 6.45) is 3.50. The number of anilines is 1. The van der Waals surface area contributed by atoms with Gasteiger partial charge in [0.1, 0.15) is 17.7 Å². The molecule has 3 heterocycles. The first-order valence-corrected chi connectivity index (χ1v) is 6.77. The van der Waals surface area contributed by atoms with Gasteiger partial charge in [0.15, 0.2) is 0 Å². The van der Waals surface area contributed by atoms with Crippen LogP contribution in [0.5, 0.6) is 0 Å². The van der Waals surface area contributed by atoms with Gasteiger partial charge in [0.25, 0.3) is 5.78 Å². The number of carbonyl (C=O) groups is 1. The van der Waals surface area contributed by atoms with Crippen LogP contribution in [0.1, 0.15) is 31.9 Å². The molecule has 1 N–H and O–H groups in total. The Labute approximate surface area is 116 Å². The molecule has 7 nitrogen and oxygen atoms in total. The molecule has 1 aliphatic heterocycles. The highest BCUT2D eigenvalue weighted by molar-refractivity contribution is 5.84. The Morgan fingerprint density at radius 2 is 2.35 bits per heavy atom. The van der Waals surface area contributed by atoms with Crippen LogP contribution in [-0.2, 0) is 4.79 Å². The van der Waals surface area contributed by atoms with E-state index < -0.39 is 11.5 Å². The van der Waals surface area contributed by atoms with Gasteiger partial charge in [0.2, 0.25) is 0 Å². The summed E-state index contributed by atoms with van der Waals surface area (Å²) < 4.78 is 1.62. The zero-order valence-corrected chi connectivity index (χ0v) is 11.6. The predicted octanol–water partition coefficient (Wildman–Crippen LogP) is 1.27. The quantitative estimate of drug-likeness (QED) is 0.908. The van der Waals surface area contributed by atoms with E-state index >= 15 is 0 Å². The zero-order chi connectivity index (χ0) is 14.3. The largest absolute Gasteiger partial charge is 0.479 e. The Bertz CT molecular complexity index is 668. The van der Waals surface area contributed by atoms with Gasteiger partial charge in [-0.3, -0.25) is 0 Å². The Kier molecular flexibility index (Phi) is 2.84. The van der Waals surface area contributed by atoms with E-state index in [0.717, 1.165) is 17.9 Å². The minimum Gasteiger partial charge on any atom is -0.479 e. The Morgan fingerprint density at radius 1 is 1.55 bits per heavy atom. The molecule has 0 spiro atoms. The van der Waals surface area contributed by atoms with Crippen molar-refractivity contribution < 1.29 is 9.90 Å². The van der Waals surface area contributed by atoms with Gasteiger partial charge in [-0.25, -0.2) is 9.78 Å². The minimum atomic E-state index is -0.854. The third-order valence-corrected chi connectivity index (χ3v) is 4.11. The van der Waals surface area contributed by atoms with Gasteiger partial charge in [-0.05, 0) is 26.2 Å². The molecule has 0 aliphatic carbocycles. The maximum atomic E-state index is 11.8. The van der Waals surface area contributed by atoms with E-state index in [2.05, 4.69) is 15.1 Å². The van der Waals surface area contributed by atoms with Crippen molar-refractivity contribution in [3.8, 4) is 0 Å². The lowest BCUT2D eigenvalue weighted by atomic mass is 9.93. The molecule has 0 amide bonds. The summed E-state index contributed by atoms with van der Waals surface area (Å²) in [5.41, 5.74) is -0.0464. The Morgan fingerprint density at radius 3 is 3.05 bits per heavy atom. The van der Waals surface area contributed by atoms with Gasteiger partial charge in [0.05, 0.1) is 0 Å². The Balaban J connectivity index is 2.19. The fraction of sp³-hybridized carbons (Fsp3) is 0.538. The number of hydrogen-bond donors (Lipinski definition) is 1. The standard InChI is InChI=1S/C13H17N5O2/c1-3-13(11(19)20)5-4-6-17(13)10-7-9(2)16-12-14-8-15-18(10)12/h7-8H,3-6H2,1-2H3,(H,19,20). The number of nitrogens with zero attached hydrogens (tertiary/aromatic N) is 5. The minimum absolute atomic E-state index is 0.502. The van der Waals surface area contributed by atoms with Gasteiger partial charge in [-0.2, -0.15) is 14.6 Å². The number of carboxylic acid groups (broad SMARTS) is 1. The van der Waals surface area contributed by atoms with E-state index in [1.807, 2.05) is 24.8 Å². The second-order valence-corrected chi connectivity index (χ2v) is 5.17. The number of hydrogen-bond acceptors (Lipinski definition) is 5. The van der Waals surface area contributed by atoms with Crippen LogP contribution in [0.2, 0.25) is 0 Å². The molecule has 1 aliphatic rings. The fourth-order valence-electron chi connectivity index (χ4n) is 3.06. The molecule has 2 aromatic rings. The van der Waals surface area contributed by atoms with Gasteiger partial charge < -0.3 is 10.0 Å². The van der Waals surface area contributed by atoms with Crippen LogP contribution in [-0.4, -0.2) is 42.7 Å². The molecule has 0 aromatic carbocycles. The van der Waals surface area contributed by atoms with Crippen LogP contribution >= 0.6 is 0 Å². The van der Waals surface area contributed by atoms with Crippen LogP contribution in [0.15, 0.2) is 12.4 Å². The molecule has 2 aromatic heterocycles. The van der Waals surface area contributed by atoms with Gasteiger partial charge in [0, 0.05) is 18.3 Å². The SMILES string of the molecule is CCC1(C(=O)O)CCCN1c1cc(C)nc2ncnn12. The van der Waals surface area contributed by atoms with Crippen LogP contribution in [0, 0.1) is 6.92 Å². The third-order valence-electron chi connectivity index (χ3n) is 4.11. The zero-order valence-electron chi connectivity index (χ0n) is 11.6. The first-order chi connectivity index (χ1) is 9.58. The number of aryl methyl sites for hydroxylation is 1. The van der Waals surface area contributed by atoms with E-state index in [1.165, 1.54) is 6.33 Å². The molecular weight excluding hydrogens is 258 g/mol. The normalized spacial score (nSPS) is 22.6. The number of rotatable bonds is 3. The molecule has 1 saturated heterocycles. The van der Waals surface area contributed by atoms with Crippen LogP contribution in [0.4, 0.5) is 5.82 Å². The van der Waals surface area contributed by atoms with Crippen molar-refractivity contribution in [2.75, 3.05) is 11.4 Å². The molecule has 1 atom stereocenters. The summed E-state index contributed by atoms with van der Waals surface area (Å²) in [6, 6.07) is 1.88. The number of fused-ring (bicyclic) bond motifs is 1. The van der Waals surface area contributed by atoms with Crippen molar-refractivity contribution in [2.24, 2.45) is 0 Å². The maximum Gasteiger partial charge on any atom is 0.329 e. The van der Waals surface area contributed by atoms with E-state index in [1.54, 1.807) is 4.52 Å². The lowest BCUT2D eigenvalue weighted by Gasteiger charge is -2.35. The molecule has 106 valence electrons. The molecule has 1 unspecified atom stereocenters. The molecule has 1 fully saturated rings. The molecule has 0 bridgehead atoms. The third kappa shape index (κ3) is 1.65. The maximum absolute atomic E-state index is 11.8. The van der Waals surface area contributed by atoms with Crippen molar-refractivity contribution in [3.05, 3.63) is 18.1 Å². The molecule has 0 radical (unpaired) electrons. The Hall–Kier alpha value is -2.18. The van der Waals surface area contributed by atoms with Crippen molar-refractivity contribution in [1.82, 2.24) is 19.6 Å². The van der Waals surface area contributed by atoms with Crippen LogP contribution in [0.25, 0.3) is 5.78 Å². The summed E-state index contributed by atoms with van der Waals surface area (Å²) in [7, 11) is 0. The average Bonchev–Trinajstić information content (AvgIpc) is 3.03. The van der Waals surface area contributed by atoms with E-state index in [-0.39, 0.29) is 0 Å². The van der Waals surface area contributed by atoms with Crippen LogP contribution in [0.3, 0.4) is 0 Å². The summed E-state index contributed by atoms with van der Waals surface area (Å²) in [6.45, 7) is 4.50. The molecule has 3 rings (SSSR count). The smallest absolute Gasteiger partial charge is 0.329 e. The summed E-state index contributed by atoms with van der Waals surface area (Å²) >= 11 is 0. The van der Waals surface area contributed by atoms with Crippen LogP contribution < -0.4 is 4.90 Å². The monoisotopic (exact) mass is 275 g/mol. The number of aliphatic carboxylic acids is 1. The topological polar surface area (TPSA) is 83.6 Å². The fourth-order valence-corrected chi connectivity index (χ4v) is 3.06. The highest BCUT2D eigenvalue weighted by Gasteiger charge is 2.47. The van der Waals surface area contributed by atoms with Crippen molar-refractivity contribution in [1.29, 1.82) is 0 Å². The molecule has 7 heteroatoms. The highest BCUT2D eigenvalue weighted by atomic mass is 16.4. The first-order valence-electron chi connectivity index (χ1n) is 6.77. The lowest BCUT2D eigenvalue weighted by molar-refractivity contribution is -0.143. The summed E-state index contributed by atoms with van der Waals surface area (Å²) in [5, 5.41) is 13.9. The average molecular weight is 275 g/mol. The highest BCUT2D eigenvalue weighted by Crippen LogP contribution is 2.36. The van der Waals surface area contributed by atoms with E-state index in [4.69, 9.17) is 0 Å². The van der Waals surface area contributed by atoms with Crippen molar-refractivity contribution in [3.63, 3.8) is 0 Å². The van der Waals surface area contributed by atoms with Gasteiger partial charge in [-0.15, -0.1) is 0 Å². The predicted molar refractivity (Wildman–Crippen MR) is 72.8 cm³/mol. The van der Waals surface area contributed by atoms with Crippen molar-refractivity contribution in [2.45, 2.75) is 38.6 Å². The number of aromatic nitrogens is 4. The van der Waals surface area contributed by atoms with E-state index in [0.29, 0.717) is 25.2 Å². The van der Waals surface area contributed by atoms with E-state index in [9.17, 15) is 9.90 Å². The lowest BCUT2D eigenvalue weighted by Crippen LogP contribution is -2.51. The van der Waals surface area contributed by atoms with Crippen molar-refractivity contribution >= 4 is 17.6 Å². The number of carboxylic acids is 1. The van der Waals surface area contributed by atoms with Gasteiger partial charge in [-0.1, -0.05) is 6.92 Å². The molecule has 0 saturated carbocycles. The van der Waals surface area contributed by atoms with Gasteiger partial charge >= 0.3 is 5.97 Å². The second kappa shape index (κ2) is 4.43.